The lowest BCUT2D eigenvalue weighted by molar-refractivity contribution is -0.147. The van der Waals surface area contributed by atoms with Crippen LogP contribution < -0.4 is 10.5 Å². The highest BCUT2D eigenvalue weighted by atomic mass is 31.2. The molecule has 14 nitrogen and oxygen atoms in total. The second-order valence-electron chi connectivity index (χ2n) is 13.9. The van der Waals surface area contributed by atoms with Crippen molar-refractivity contribution in [2.24, 2.45) is 0 Å². The molecule has 2 aromatic heterocycles. The summed E-state index contributed by atoms with van der Waals surface area (Å²) in [5, 5.41) is 36.4. The molecule has 6 atom stereocenters. The van der Waals surface area contributed by atoms with Gasteiger partial charge in [-0.05, 0) is 30.7 Å². The zero-order chi connectivity index (χ0) is 38.7. The lowest BCUT2D eigenvalue weighted by Gasteiger charge is -2.26. The van der Waals surface area contributed by atoms with Gasteiger partial charge in [-0.1, -0.05) is 121 Å². The fourth-order valence-corrected chi connectivity index (χ4v) is 7.73. The molecule has 0 saturated carbocycles. The van der Waals surface area contributed by atoms with Gasteiger partial charge in [0.05, 0.1) is 12.3 Å². The first-order chi connectivity index (χ1) is 26.3. The molecule has 0 spiro atoms. The Morgan fingerprint density at radius 2 is 1.54 bits per heavy atom. The third kappa shape index (κ3) is 12.7. The first kappa shape index (κ1) is 43.6. The Balaban J connectivity index is 1.23. The monoisotopic (exact) mass is 773 g/mol. The Morgan fingerprint density at radius 1 is 0.926 bits per heavy atom. The van der Waals surface area contributed by atoms with Crippen molar-refractivity contribution in [2.75, 3.05) is 32.7 Å². The van der Waals surface area contributed by atoms with Gasteiger partial charge in [-0.25, -0.2) is 14.1 Å². The maximum Gasteiger partial charge on any atom is 0.477 e. The summed E-state index contributed by atoms with van der Waals surface area (Å²) in [6, 6.07) is 14.0. The molecule has 1 unspecified atom stereocenters. The molecule has 0 aliphatic carbocycles. The van der Waals surface area contributed by atoms with Crippen LogP contribution in [0, 0.1) is 11.3 Å². The van der Waals surface area contributed by atoms with Gasteiger partial charge in [-0.2, -0.15) is 10.4 Å². The molecule has 300 valence electrons. The van der Waals surface area contributed by atoms with E-state index < -0.39 is 38.0 Å². The zero-order valence-corrected chi connectivity index (χ0v) is 32.8. The number of nitrogens with zero attached hydrogens (tertiary/aromatic N) is 4. The third-order valence-electron chi connectivity index (χ3n) is 9.71. The van der Waals surface area contributed by atoms with Gasteiger partial charge < -0.3 is 30.2 Å². The van der Waals surface area contributed by atoms with E-state index in [1.54, 1.807) is 18.2 Å². The number of nitrogen functional groups attached to an aromatic ring is 1. The van der Waals surface area contributed by atoms with E-state index in [1.807, 2.05) is 24.3 Å². The summed E-state index contributed by atoms with van der Waals surface area (Å²) in [5.41, 5.74) is 4.16. The second kappa shape index (κ2) is 23.1. The van der Waals surface area contributed by atoms with E-state index in [2.05, 4.69) is 17.0 Å². The SMILES string of the molecule is CCCCCCCCCCCCCCCCCCOC[C@@H](COc1ccccc1)OP(=O)(OC)O[C@H]1O[C@@](C#N)(c2ccc3c(N)ncnn23)[C@H](O)[C@@H]1O. The number of anilines is 1. The quantitative estimate of drug-likeness (QED) is 0.0482. The van der Waals surface area contributed by atoms with Crippen LogP contribution in [-0.2, 0) is 33.2 Å². The van der Waals surface area contributed by atoms with E-state index in [-0.39, 0.29) is 24.7 Å². The second-order valence-corrected chi connectivity index (χ2v) is 15.6. The maximum atomic E-state index is 13.9. The van der Waals surface area contributed by atoms with Crippen molar-refractivity contribution in [1.82, 2.24) is 14.6 Å². The molecule has 4 N–H and O–H groups in total. The van der Waals surface area contributed by atoms with Crippen LogP contribution in [0.2, 0.25) is 0 Å². The molecule has 4 rings (SSSR count). The molecule has 3 aromatic rings. The molecular weight excluding hydrogens is 713 g/mol. The minimum Gasteiger partial charge on any atom is -0.491 e. The van der Waals surface area contributed by atoms with Crippen molar-refractivity contribution in [3.8, 4) is 11.8 Å². The van der Waals surface area contributed by atoms with E-state index in [4.69, 9.17) is 33.5 Å². The van der Waals surface area contributed by atoms with Gasteiger partial charge >= 0.3 is 7.82 Å². The number of unbranched alkanes of at least 4 members (excludes halogenated alkanes) is 15. The van der Waals surface area contributed by atoms with Crippen LogP contribution in [0.25, 0.3) is 5.52 Å². The lowest BCUT2D eigenvalue weighted by atomic mass is 9.93. The average Bonchev–Trinajstić information content (AvgIpc) is 3.73. The summed E-state index contributed by atoms with van der Waals surface area (Å²) in [6.45, 7) is 2.69. The number of hydrogen-bond donors (Lipinski definition) is 3. The molecule has 1 aliphatic rings. The van der Waals surface area contributed by atoms with Crippen molar-refractivity contribution in [3.05, 3.63) is 54.5 Å². The first-order valence-electron chi connectivity index (χ1n) is 19.6. The number of benzene rings is 1. The van der Waals surface area contributed by atoms with E-state index in [9.17, 15) is 20.0 Å². The Hall–Kier alpha value is -3.12. The van der Waals surface area contributed by atoms with Crippen LogP contribution in [0.4, 0.5) is 5.82 Å². The lowest BCUT2D eigenvalue weighted by Crippen LogP contribution is -2.40. The number of para-hydroxylation sites is 1. The maximum absolute atomic E-state index is 13.9. The molecule has 0 bridgehead atoms. The topological polar surface area (TPSA) is 193 Å². The van der Waals surface area contributed by atoms with Gasteiger partial charge in [0.15, 0.2) is 12.1 Å². The molecule has 1 saturated heterocycles. The van der Waals surface area contributed by atoms with Crippen LogP contribution in [-0.4, -0.2) is 76.3 Å². The normalized spacial score (nSPS) is 21.6. The number of nitriles is 1. The molecular formula is C39H60N5O9P. The number of phosphoric ester groups is 1. The molecule has 15 heteroatoms. The van der Waals surface area contributed by atoms with Crippen molar-refractivity contribution in [3.63, 3.8) is 0 Å². The minimum absolute atomic E-state index is 0.0123. The molecule has 3 heterocycles. The Labute approximate surface area is 319 Å². The highest BCUT2D eigenvalue weighted by molar-refractivity contribution is 7.48. The van der Waals surface area contributed by atoms with Crippen LogP contribution in [0.1, 0.15) is 115 Å². The van der Waals surface area contributed by atoms with Crippen molar-refractivity contribution < 1.29 is 42.6 Å². The smallest absolute Gasteiger partial charge is 0.477 e. The zero-order valence-electron chi connectivity index (χ0n) is 31.9. The highest BCUT2D eigenvalue weighted by Crippen LogP contribution is 2.54. The number of aromatic nitrogens is 3. The van der Waals surface area contributed by atoms with Crippen molar-refractivity contribution >= 4 is 19.2 Å². The number of fused-ring (bicyclic) bond motifs is 1. The summed E-state index contributed by atoms with van der Waals surface area (Å²) < 4.78 is 49.4. The fraction of sp³-hybridized carbons (Fsp3) is 0.667. The van der Waals surface area contributed by atoms with E-state index in [0.29, 0.717) is 17.9 Å². The highest BCUT2D eigenvalue weighted by Gasteiger charge is 2.60. The number of aliphatic hydroxyl groups excluding tert-OH is 2. The fourth-order valence-electron chi connectivity index (χ4n) is 6.59. The van der Waals surface area contributed by atoms with E-state index in [0.717, 1.165) is 26.4 Å². The summed E-state index contributed by atoms with van der Waals surface area (Å²) in [5.74, 6) is 0.695. The largest absolute Gasteiger partial charge is 0.491 e. The average molecular weight is 774 g/mol. The summed E-state index contributed by atoms with van der Waals surface area (Å²) in [7, 11) is -3.39. The number of ether oxygens (including phenoxy) is 3. The van der Waals surface area contributed by atoms with Gasteiger partial charge in [0.2, 0.25) is 5.60 Å². The van der Waals surface area contributed by atoms with Crippen LogP contribution >= 0.6 is 7.82 Å². The van der Waals surface area contributed by atoms with Crippen LogP contribution in [0.3, 0.4) is 0 Å². The van der Waals surface area contributed by atoms with Crippen LogP contribution in [0.5, 0.6) is 5.75 Å². The number of phosphoric acid groups is 1. The van der Waals surface area contributed by atoms with E-state index >= 15 is 0 Å². The molecule has 0 amide bonds. The number of nitrogens with two attached hydrogens (primary N) is 1. The number of hydrogen-bond acceptors (Lipinski definition) is 13. The molecule has 54 heavy (non-hydrogen) atoms. The minimum atomic E-state index is -4.50. The standard InChI is InChI=1S/C39H60N5O9P/c1-3-4-5-6-7-8-9-10-11-12-13-14-15-16-17-21-26-49-27-32(28-50-31-22-19-18-20-23-31)52-54(47,48-2)53-38-35(45)36(46)39(29-40,51-38)34-25-24-33-37(41)42-30-43-44(33)34/h18-20,22-25,30,32,35-36,38,45-46H,3-17,21,26-28H2,1-2H3,(H2,41,42,43)/t32-,35-,36+,38+,39-,54?/m0/s1. The van der Waals surface area contributed by atoms with E-state index in [1.165, 1.54) is 100 Å². The third-order valence-corrected chi connectivity index (χ3v) is 11.2. The summed E-state index contributed by atoms with van der Waals surface area (Å²) in [4.78, 5) is 3.93. The van der Waals surface area contributed by atoms with Gasteiger partial charge in [0.1, 0.15) is 48.6 Å². The molecule has 1 fully saturated rings. The Morgan fingerprint density at radius 3 is 2.13 bits per heavy atom. The predicted octanol–water partition coefficient (Wildman–Crippen LogP) is 7.62. The van der Waals surface area contributed by atoms with Crippen molar-refractivity contribution in [1.29, 1.82) is 5.26 Å². The number of rotatable bonds is 28. The molecule has 1 aliphatic heterocycles. The Kier molecular flexibility index (Phi) is 18.6. The van der Waals surface area contributed by atoms with Gasteiger partial charge in [-0.3, -0.25) is 13.6 Å². The van der Waals surface area contributed by atoms with Gasteiger partial charge in [0.25, 0.3) is 0 Å². The van der Waals surface area contributed by atoms with Crippen molar-refractivity contribution in [2.45, 2.75) is 140 Å². The van der Waals surface area contributed by atoms with Crippen LogP contribution in [0.15, 0.2) is 48.8 Å². The summed E-state index contributed by atoms with van der Waals surface area (Å²) in [6.07, 6.45) is 15.2. The predicted molar refractivity (Wildman–Crippen MR) is 204 cm³/mol. The Bertz CT molecular complexity index is 1590. The number of aliphatic hydroxyl groups is 2. The molecule has 1 aromatic carbocycles. The first-order valence-corrected chi connectivity index (χ1v) is 21.0. The van der Waals surface area contributed by atoms with Gasteiger partial charge in [-0.15, -0.1) is 0 Å². The van der Waals surface area contributed by atoms with Gasteiger partial charge in [0, 0.05) is 13.7 Å². The summed E-state index contributed by atoms with van der Waals surface area (Å²) >= 11 is 0. The molecule has 0 radical (unpaired) electrons.